The minimum Gasteiger partial charge on any atom is -0.492 e. The predicted molar refractivity (Wildman–Crippen MR) is 76.9 cm³/mol. The summed E-state index contributed by atoms with van der Waals surface area (Å²) in [6.45, 7) is 1.00. The topological polar surface area (TPSA) is 92.9 Å². The molecule has 0 radical (unpaired) electrons. The molecule has 0 aromatic heterocycles. The zero-order valence-electron chi connectivity index (χ0n) is 11.2. The largest absolute Gasteiger partial charge is 0.492 e. The molecular weight excluding hydrogens is 280 g/mol. The Morgan fingerprint density at radius 3 is 2.90 bits per heavy atom. The van der Waals surface area contributed by atoms with E-state index in [1.54, 1.807) is 24.3 Å². The van der Waals surface area contributed by atoms with Crippen LogP contribution in [0.25, 0.3) is 0 Å². The summed E-state index contributed by atoms with van der Waals surface area (Å²) in [5.74, 6) is 0.550. The first-order chi connectivity index (χ1) is 9.51. The van der Waals surface area contributed by atoms with Crippen molar-refractivity contribution in [3.63, 3.8) is 0 Å². The second-order valence-corrected chi connectivity index (χ2v) is 7.02. The van der Waals surface area contributed by atoms with Gasteiger partial charge in [-0.05, 0) is 24.5 Å². The van der Waals surface area contributed by atoms with E-state index in [2.05, 4.69) is 0 Å². The average molecular weight is 300 g/mol. The third kappa shape index (κ3) is 3.84. The van der Waals surface area contributed by atoms with Gasteiger partial charge in [-0.3, -0.25) is 0 Å². The van der Waals surface area contributed by atoms with Gasteiger partial charge in [0.05, 0.1) is 5.75 Å². The van der Waals surface area contributed by atoms with Gasteiger partial charge in [-0.25, -0.2) is 12.7 Å². The van der Waals surface area contributed by atoms with Gasteiger partial charge in [0.1, 0.15) is 12.4 Å². The number of rotatable bonds is 6. The molecule has 1 aromatic carbocycles. The lowest BCUT2D eigenvalue weighted by Gasteiger charge is -2.16. The maximum atomic E-state index is 12.1. The minimum absolute atomic E-state index is 0.0335. The van der Waals surface area contributed by atoms with E-state index in [0.29, 0.717) is 30.9 Å². The van der Waals surface area contributed by atoms with E-state index in [1.807, 2.05) is 0 Å². The number of hydrogen-bond acceptors (Lipinski definition) is 5. The summed E-state index contributed by atoms with van der Waals surface area (Å²) in [6, 6.07) is 6.89. The number of aliphatic hydroxyl groups is 1. The van der Waals surface area contributed by atoms with Gasteiger partial charge >= 0.3 is 0 Å². The summed E-state index contributed by atoms with van der Waals surface area (Å²) in [5, 5.41) is 9.04. The summed E-state index contributed by atoms with van der Waals surface area (Å²) >= 11 is 0. The summed E-state index contributed by atoms with van der Waals surface area (Å²) in [4.78, 5) is 0. The molecule has 1 saturated heterocycles. The minimum atomic E-state index is -3.32. The van der Waals surface area contributed by atoms with Gasteiger partial charge in [-0.1, -0.05) is 6.07 Å². The first kappa shape index (κ1) is 15.1. The number of nitrogen functional groups attached to an aromatic ring is 1. The van der Waals surface area contributed by atoms with Crippen LogP contribution < -0.4 is 10.5 Å². The van der Waals surface area contributed by atoms with Crippen molar-refractivity contribution in [2.75, 3.05) is 37.8 Å². The molecule has 0 amide bonds. The third-order valence-corrected chi connectivity index (χ3v) is 5.17. The molecule has 1 aliphatic rings. The number of nitrogens with two attached hydrogens (primary N) is 1. The SMILES string of the molecule is Nc1cccc(OCCS(=O)(=O)N2CCC(CO)C2)c1. The van der Waals surface area contributed by atoms with E-state index in [0.717, 1.165) is 0 Å². The van der Waals surface area contributed by atoms with E-state index >= 15 is 0 Å². The number of aliphatic hydroxyl groups excluding tert-OH is 1. The fraction of sp³-hybridized carbons (Fsp3) is 0.538. The lowest BCUT2D eigenvalue weighted by molar-refractivity contribution is 0.233. The highest BCUT2D eigenvalue weighted by Gasteiger charge is 2.30. The average Bonchev–Trinajstić information content (AvgIpc) is 2.88. The van der Waals surface area contributed by atoms with Crippen molar-refractivity contribution in [3.8, 4) is 5.75 Å². The number of hydrogen-bond donors (Lipinski definition) is 2. The van der Waals surface area contributed by atoms with Gasteiger partial charge in [0.25, 0.3) is 0 Å². The molecule has 2 rings (SSSR count). The zero-order valence-corrected chi connectivity index (χ0v) is 12.1. The van der Waals surface area contributed by atoms with Crippen molar-refractivity contribution in [1.82, 2.24) is 4.31 Å². The molecule has 20 heavy (non-hydrogen) atoms. The Labute approximate surface area is 119 Å². The molecule has 1 fully saturated rings. The van der Waals surface area contributed by atoms with Gasteiger partial charge in [0.15, 0.2) is 0 Å². The van der Waals surface area contributed by atoms with E-state index in [1.165, 1.54) is 4.31 Å². The van der Waals surface area contributed by atoms with E-state index in [-0.39, 0.29) is 24.9 Å². The normalized spacial score (nSPS) is 20.1. The molecule has 1 atom stereocenters. The van der Waals surface area contributed by atoms with Crippen LogP contribution in [-0.4, -0.2) is 49.9 Å². The molecule has 3 N–H and O–H groups in total. The Balaban J connectivity index is 1.84. The van der Waals surface area contributed by atoms with Gasteiger partial charge in [0.2, 0.25) is 10.0 Å². The highest BCUT2D eigenvalue weighted by atomic mass is 32.2. The number of ether oxygens (including phenoxy) is 1. The van der Waals surface area contributed by atoms with Crippen LogP contribution in [0.2, 0.25) is 0 Å². The van der Waals surface area contributed by atoms with Crippen LogP contribution in [0.1, 0.15) is 6.42 Å². The molecule has 1 aromatic rings. The van der Waals surface area contributed by atoms with Crippen LogP contribution in [0, 0.1) is 5.92 Å². The maximum absolute atomic E-state index is 12.1. The lowest BCUT2D eigenvalue weighted by Crippen LogP contribution is -2.33. The van der Waals surface area contributed by atoms with E-state index < -0.39 is 10.0 Å². The molecule has 0 aliphatic carbocycles. The van der Waals surface area contributed by atoms with E-state index in [9.17, 15) is 8.42 Å². The van der Waals surface area contributed by atoms with Crippen molar-refractivity contribution in [2.45, 2.75) is 6.42 Å². The molecule has 7 heteroatoms. The third-order valence-electron chi connectivity index (χ3n) is 3.37. The second kappa shape index (κ2) is 6.43. The van der Waals surface area contributed by atoms with Crippen LogP contribution >= 0.6 is 0 Å². The van der Waals surface area contributed by atoms with Gasteiger partial charge in [0, 0.05) is 31.5 Å². The highest BCUT2D eigenvalue weighted by molar-refractivity contribution is 7.89. The molecule has 0 saturated carbocycles. The standard InChI is InChI=1S/C13H20N2O4S/c14-12-2-1-3-13(8-12)19-6-7-20(17,18)15-5-4-11(9-15)10-16/h1-3,8,11,16H,4-7,9-10,14H2. The van der Waals surface area contributed by atoms with Crippen molar-refractivity contribution in [2.24, 2.45) is 5.92 Å². The molecule has 1 heterocycles. The van der Waals surface area contributed by atoms with Gasteiger partial charge in [-0.15, -0.1) is 0 Å². The van der Waals surface area contributed by atoms with Gasteiger partial charge < -0.3 is 15.6 Å². The smallest absolute Gasteiger partial charge is 0.217 e. The number of sulfonamides is 1. The summed E-state index contributed by atoms with van der Waals surface area (Å²) < 4.78 is 31.0. The summed E-state index contributed by atoms with van der Waals surface area (Å²) in [7, 11) is -3.32. The summed E-state index contributed by atoms with van der Waals surface area (Å²) in [5.41, 5.74) is 6.20. The molecular formula is C13H20N2O4S. The molecule has 1 aliphatic heterocycles. The first-order valence-electron chi connectivity index (χ1n) is 6.58. The molecule has 6 nitrogen and oxygen atoms in total. The van der Waals surface area contributed by atoms with Crippen LogP contribution in [0.4, 0.5) is 5.69 Å². The highest BCUT2D eigenvalue weighted by Crippen LogP contribution is 2.19. The zero-order chi connectivity index (χ0) is 14.6. The quantitative estimate of drug-likeness (QED) is 0.737. The molecule has 0 spiro atoms. The van der Waals surface area contributed by atoms with E-state index in [4.69, 9.17) is 15.6 Å². The second-order valence-electron chi connectivity index (χ2n) is 4.93. The number of nitrogens with zero attached hydrogens (tertiary/aromatic N) is 1. The van der Waals surface area contributed by atoms with Gasteiger partial charge in [-0.2, -0.15) is 0 Å². The number of anilines is 1. The monoisotopic (exact) mass is 300 g/mol. The van der Waals surface area contributed by atoms with Crippen LogP contribution in [0.15, 0.2) is 24.3 Å². The Bertz CT molecular complexity index is 547. The van der Waals surface area contributed by atoms with Crippen LogP contribution in [0.3, 0.4) is 0 Å². The molecule has 112 valence electrons. The first-order valence-corrected chi connectivity index (χ1v) is 8.19. The van der Waals surface area contributed by atoms with Crippen molar-refractivity contribution < 1.29 is 18.3 Å². The Morgan fingerprint density at radius 1 is 1.45 bits per heavy atom. The Hall–Kier alpha value is -1.31. The Kier molecular flexibility index (Phi) is 4.85. The predicted octanol–water partition coefficient (Wildman–Crippen LogP) is 0.292. The fourth-order valence-corrected chi connectivity index (χ4v) is 3.57. The number of benzene rings is 1. The Morgan fingerprint density at radius 2 is 2.25 bits per heavy atom. The summed E-state index contributed by atoms with van der Waals surface area (Å²) in [6.07, 6.45) is 0.714. The van der Waals surface area contributed by atoms with Crippen LogP contribution in [0.5, 0.6) is 5.75 Å². The van der Waals surface area contributed by atoms with Crippen LogP contribution in [-0.2, 0) is 10.0 Å². The van der Waals surface area contributed by atoms with Crippen molar-refractivity contribution >= 4 is 15.7 Å². The maximum Gasteiger partial charge on any atom is 0.217 e. The molecule has 1 unspecified atom stereocenters. The van der Waals surface area contributed by atoms with Crippen molar-refractivity contribution in [1.29, 1.82) is 0 Å². The molecule has 0 bridgehead atoms. The fourth-order valence-electron chi connectivity index (χ4n) is 2.20. The van der Waals surface area contributed by atoms with Crippen molar-refractivity contribution in [3.05, 3.63) is 24.3 Å². The lowest BCUT2D eigenvalue weighted by atomic mass is 10.1.